The van der Waals surface area contributed by atoms with E-state index in [2.05, 4.69) is 15.9 Å². The van der Waals surface area contributed by atoms with Gasteiger partial charge >= 0.3 is 0 Å². The summed E-state index contributed by atoms with van der Waals surface area (Å²) in [5, 5.41) is 0.683. The average Bonchev–Trinajstić information content (AvgIpc) is 2.72. The number of benzene rings is 2. The van der Waals surface area contributed by atoms with Gasteiger partial charge in [-0.3, -0.25) is 8.75 Å². The molecule has 0 fully saturated rings. The van der Waals surface area contributed by atoms with E-state index in [-0.39, 0.29) is 17.9 Å². The molecule has 0 N–H and O–H groups in total. The minimum Gasteiger partial charge on any atom is -0.268 e. The van der Waals surface area contributed by atoms with E-state index in [1.54, 1.807) is 22.2 Å². The molecule has 2 aromatic carbocycles. The summed E-state index contributed by atoms with van der Waals surface area (Å²) in [6.07, 6.45) is 0. The molecule has 0 atom stereocenters. The van der Waals surface area contributed by atoms with Crippen LogP contribution >= 0.6 is 27.5 Å². The van der Waals surface area contributed by atoms with Crippen molar-refractivity contribution in [2.75, 3.05) is 0 Å². The Hall–Kier alpha value is -1.46. The lowest BCUT2D eigenvalue weighted by atomic mass is 10.2. The fourth-order valence-corrected chi connectivity index (χ4v) is 3.36. The molecule has 3 aromatic rings. The van der Waals surface area contributed by atoms with Crippen LogP contribution < -0.4 is 5.56 Å². The lowest BCUT2D eigenvalue weighted by Gasteiger charge is -2.03. The summed E-state index contributed by atoms with van der Waals surface area (Å²) in [4.78, 5) is 12.2. The normalized spacial score (nSPS) is 11.1. The van der Waals surface area contributed by atoms with Gasteiger partial charge in [0.1, 0.15) is 5.82 Å². The maximum absolute atomic E-state index is 13.7. The van der Waals surface area contributed by atoms with E-state index in [1.165, 1.54) is 17.6 Å². The van der Waals surface area contributed by atoms with E-state index < -0.39 is 0 Å². The first-order valence-corrected chi connectivity index (χ1v) is 7.24. The van der Waals surface area contributed by atoms with Crippen molar-refractivity contribution in [2.45, 2.75) is 6.54 Å². The van der Waals surface area contributed by atoms with E-state index in [9.17, 15) is 9.18 Å². The van der Waals surface area contributed by atoms with Gasteiger partial charge in [0.05, 0.1) is 16.6 Å². The van der Waals surface area contributed by atoms with Crippen molar-refractivity contribution in [1.29, 1.82) is 0 Å². The van der Waals surface area contributed by atoms with Gasteiger partial charge in [-0.1, -0.05) is 39.6 Å². The summed E-state index contributed by atoms with van der Waals surface area (Å²) in [6.45, 7) is 0.253. The number of hydrogen-bond donors (Lipinski definition) is 0. The lowest BCUT2D eigenvalue weighted by molar-refractivity contribution is 0.603. The highest BCUT2D eigenvalue weighted by Gasteiger charge is 2.10. The quantitative estimate of drug-likeness (QED) is 0.692. The summed E-state index contributed by atoms with van der Waals surface area (Å²) < 4.78 is 17.0. The van der Waals surface area contributed by atoms with Crippen LogP contribution in [0.5, 0.6) is 0 Å². The summed E-state index contributed by atoms with van der Waals surface area (Å²) in [6, 6.07) is 12.2. The molecule has 0 saturated carbocycles. The Morgan fingerprint density at radius 1 is 1.21 bits per heavy atom. The molecule has 0 amide bonds. The Kier molecular flexibility index (Phi) is 3.24. The first-order valence-electron chi connectivity index (χ1n) is 5.68. The van der Waals surface area contributed by atoms with Crippen LogP contribution in [0.2, 0.25) is 0 Å². The van der Waals surface area contributed by atoms with E-state index in [0.29, 0.717) is 10.9 Å². The highest BCUT2D eigenvalue weighted by molar-refractivity contribution is 9.10. The minimum atomic E-state index is -0.299. The van der Waals surface area contributed by atoms with Crippen LogP contribution in [0.3, 0.4) is 0 Å². The van der Waals surface area contributed by atoms with Crippen LogP contribution in [0.1, 0.15) is 5.56 Å². The third kappa shape index (κ3) is 2.35. The highest BCUT2D eigenvalue weighted by Crippen LogP contribution is 2.20. The fraction of sp³-hybridized carbons (Fsp3) is 0.0714. The van der Waals surface area contributed by atoms with E-state index in [4.69, 9.17) is 0 Å². The molecule has 1 heterocycles. The molecule has 0 saturated heterocycles. The Balaban J connectivity index is 2.08. The molecule has 5 heteroatoms. The smallest absolute Gasteiger partial charge is 0.268 e. The largest absolute Gasteiger partial charge is 0.268 e. The topological polar surface area (TPSA) is 22.0 Å². The van der Waals surface area contributed by atoms with Crippen LogP contribution in [0.25, 0.3) is 10.1 Å². The van der Waals surface area contributed by atoms with E-state index >= 15 is 0 Å². The number of nitrogens with zero attached hydrogens (tertiary/aromatic N) is 1. The number of rotatable bonds is 2. The van der Waals surface area contributed by atoms with Gasteiger partial charge in [0, 0.05) is 10.0 Å². The first-order chi connectivity index (χ1) is 9.15. The fourth-order valence-electron chi connectivity index (χ4n) is 1.94. The molecular weight excluding hydrogens is 329 g/mol. The predicted octanol–water partition coefficient (Wildman–Crippen LogP) is 4.01. The first kappa shape index (κ1) is 12.6. The van der Waals surface area contributed by atoms with Gasteiger partial charge < -0.3 is 0 Å². The maximum atomic E-state index is 13.7. The Morgan fingerprint density at radius 3 is 2.79 bits per heavy atom. The molecule has 19 heavy (non-hydrogen) atoms. The molecule has 1 aromatic heterocycles. The molecule has 0 unspecified atom stereocenters. The van der Waals surface area contributed by atoms with Crippen molar-refractivity contribution in [2.24, 2.45) is 0 Å². The average molecular weight is 338 g/mol. The zero-order valence-corrected chi connectivity index (χ0v) is 12.2. The molecule has 0 aliphatic heterocycles. The number of hydrogen-bond acceptors (Lipinski definition) is 2. The third-order valence-electron chi connectivity index (χ3n) is 2.87. The van der Waals surface area contributed by atoms with Crippen LogP contribution in [-0.4, -0.2) is 3.96 Å². The number of aromatic nitrogens is 1. The summed E-state index contributed by atoms with van der Waals surface area (Å²) >= 11 is 4.67. The highest BCUT2D eigenvalue weighted by atomic mass is 79.9. The molecular formula is C14H9BrFNOS. The SMILES string of the molecule is O=c1c2ccccc2sn1Cc1cc(Br)ccc1F. The minimum absolute atomic E-state index is 0.0695. The van der Waals surface area contributed by atoms with Gasteiger partial charge in [0.2, 0.25) is 0 Å². The molecule has 0 radical (unpaired) electrons. The van der Waals surface area contributed by atoms with E-state index in [0.717, 1.165) is 9.17 Å². The molecule has 3 rings (SSSR count). The zero-order valence-electron chi connectivity index (χ0n) is 9.77. The van der Waals surface area contributed by atoms with Crippen molar-refractivity contribution < 1.29 is 4.39 Å². The Labute approximate surface area is 121 Å². The van der Waals surface area contributed by atoms with Crippen LogP contribution in [-0.2, 0) is 6.54 Å². The second-order valence-electron chi connectivity index (χ2n) is 4.16. The van der Waals surface area contributed by atoms with Crippen LogP contribution in [0.4, 0.5) is 4.39 Å². The molecule has 0 bridgehead atoms. The van der Waals surface area contributed by atoms with Crippen molar-refractivity contribution in [1.82, 2.24) is 3.96 Å². The Bertz CT molecular complexity index is 809. The number of halogens is 2. The Morgan fingerprint density at radius 2 is 2.00 bits per heavy atom. The standard InChI is InChI=1S/C14H9BrFNOS/c15-10-5-6-12(16)9(7-10)8-17-14(18)11-3-1-2-4-13(11)19-17/h1-7H,8H2. The molecule has 0 aliphatic rings. The van der Waals surface area contributed by atoms with E-state index in [1.807, 2.05) is 18.2 Å². The van der Waals surface area contributed by atoms with Crippen molar-refractivity contribution >= 4 is 37.5 Å². The van der Waals surface area contributed by atoms with Crippen molar-refractivity contribution in [3.63, 3.8) is 0 Å². The number of fused-ring (bicyclic) bond motifs is 1. The molecule has 96 valence electrons. The second-order valence-corrected chi connectivity index (χ2v) is 6.14. The molecule has 0 aliphatic carbocycles. The third-order valence-corrected chi connectivity index (χ3v) is 4.44. The van der Waals surface area contributed by atoms with Gasteiger partial charge in [-0.05, 0) is 30.3 Å². The second kappa shape index (κ2) is 4.90. The van der Waals surface area contributed by atoms with Gasteiger partial charge in [-0.15, -0.1) is 0 Å². The van der Waals surface area contributed by atoms with Crippen LogP contribution in [0.15, 0.2) is 51.7 Å². The molecule has 2 nitrogen and oxygen atoms in total. The monoisotopic (exact) mass is 337 g/mol. The van der Waals surface area contributed by atoms with Crippen molar-refractivity contribution in [3.05, 3.63) is 68.7 Å². The van der Waals surface area contributed by atoms with Gasteiger partial charge in [-0.25, -0.2) is 4.39 Å². The van der Waals surface area contributed by atoms with Gasteiger partial charge in [0.25, 0.3) is 5.56 Å². The van der Waals surface area contributed by atoms with Crippen molar-refractivity contribution in [3.8, 4) is 0 Å². The van der Waals surface area contributed by atoms with Crippen LogP contribution in [0, 0.1) is 5.82 Å². The van der Waals surface area contributed by atoms with Gasteiger partial charge in [-0.2, -0.15) is 0 Å². The summed E-state index contributed by atoms with van der Waals surface area (Å²) in [5.41, 5.74) is 0.433. The van der Waals surface area contributed by atoms with Gasteiger partial charge in [0.15, 0.2) is 0 Å². The zero-order chi connectivity index (χ0) is 13.4. The summed E-state index contributed by atoms with van der Waals surface area (Å²) in [7, 11) is 0. The predicted molar refractivity (Wildman–Crippen MR) is 79.3 cm³/mol. The maximum Gasteiger partial charge on any atom is 0.268 e. The summed E-state index contributed by atoms with van der Waals surface area (Å²) in [5.74, 6) is -0.299. The lowest BCUT2D eigenvalue weighted by Crippen LogP contribution is -2.14. The molecule has 0 spiro atoms.